The minimum atomic E-state index is -3.30. The second-order valence-electron chi connectivity index (χ2n) is 5.92. The molecule has 0 spiro atoms. The lowest BCUT2D eigenvalue weighted by Gasteiger charge is -2.24. The van der Waals surface area contributed by atoms with E-state index in [1.54, 1.807) is 4.90 Å². The fraction of sp³-hybridized carbons (Fsp3) is 0.917. The summed E-state index contributed by atoms with van der Waals surface area (Å²) in [7, 11) is 0.785. The predicted octanol–water partition coefficient (Wildman–Crippen LogP) is -0.666. The van der Waals surface area contributed by atoms with Gasteiger partial charge in [-0.3, -0.25) is 4.79 Å². The molecule has 1 amide bonds. The fourth-order valence-electron chi connectivity index (χ4n) is 2.85. The molecule has 1 saturated heterocycles. The molecule has 6 nitrogen and oxygen atoms in total. The maximum Gasteiger partial charge on any atom is 0.237 e. The van der Waals surface area contributed by atoms with E-state index in [0.29, 0.717) is 18.5 Å². The number of likely N-dealkylation sites (N-methyl/N-ethyl adjacent to an activating group) is 1. The molecular weight excluding hydrogens is 266 g/mol. The first-order valence-electron chi connectivity index (χ1n) is 6.67. The van der Waals surface area contributed by atoms with Crippen molar-refractivity contribution >= 4 is 15.9 Å². The number of hydrogen-bond acceptors (Lipinski definition) is 4. The molecule has 0 aromatic carbocycles. The summed E-state index contributed by atoms with van der Waals surface area (Å²) in [5.41, 5.74) is 0. The molecule has 2 fully saturated rings. The van der Waals surface area contributed by atoms with Crippen LogP contribution in [0.2, 0.25) is 0 Å². The summed E-state index contributed by atoms with van der Waals surface area (Å²) in [4.78, 5) is 16.0. The summed E-state index contributed by atoms with van der Waals surface area (Å²) in [6.07, 6.45) is 3.59. The Labute approximate surface area is 115 Å². The van der Waals surface area contributed by atoms with Gasteiger partial charge in [-0.05, 0) is 38.8 Å². The highest BCUT2D eigenvalue weighted by molar-refractivity contribution is 7.88. The number of nitrogens with one attached hydrogen (secondary N) is 1. The molecule has 1 aliphatic heterocycles. The SMILES string of the molecule is CN(C)[C@H]1CN(C(=O)CNS(C)(=O)=O)C[C@@H]1C1CC1. The van der Waals surface area contributed by atoms with Crippen LogP contribution in [-0.2, 0) is 14.8 Å². The number of carbonyl (C=O) groups is 1. The minimum absolute atomic E-state index is 0.125. The molecule has 1 N–H and O–H groups in total. The smallest absolute Gasteiger partial charge is 0.237 e. The normalized spacial score (nSPS) is 28.1. The first kappa shape index (κ1) is 14.7. The van der Waals surface area contributed by atoms with Gasteiger partial charge in [-0.1, -0.05) is 0 Å². The van der Waals surface area contributed by atoms with Crippen LogP contribution in [0.15, 0.2) is 0 Å². The summed E-state index contributed by atoms with van der Waals surface area (Å²) < 4.78 is 24.3. The number of rotatable bonds is 5. The van der Waals surface area contributed by atoms with Gasteiger partial charge in [0.15, 0.2) is 0 Å². The molecule has 110 valence electrons. The third kappa shape index (κ3) is 3.90. The van der Waals surface area contributed by atoms with E-state index in [1.165, 1.54) is 12.8 Å². The first-order valence-corrected chi connectivity index (χ1v) is 8.56. The van der Waals surface area contributed by atoms with E-state index in [1.807, 2.05) is 14.1 Å². The number of hydrogen-bond donors (Lipinski definition) is 1. The summed E-state index contributed by atoms with van der Waals surface area (Å²) >= 11 is 0. The quantitative estimate of drug-likeness (QED) is 0.729. The number of sulfonamides is 1. The lowest BCUT2D eigenvalue weighted by molar-refractivity contribution is -0.129. The summed E-state index contributed by atoms with van der Waals surface area (Å²) in [5, 5.41) is 0. The van der Waals surface area contributed by atoms with Gasteiger partial charge < -0.3 is 9.80 Å². The highest BCUT2D eigenvalue weighted by atomic mass is 32.2. The zero-order valence-corrected chi connectivity index (χ0v) is 12.6. The Morgan fingerprint density at radius 3 is 2.42 bits per heavy atom. The van der Waals surface area contributed by atoms with Crippen molar-refractivity contribution in [1.82, 2.24) is 14.5 Å². The van der Waals surface area contributed by atoms with Crippen LogP contribution < -0.4 is 4.72 Å². The molecule has 0 unspecified atom stereocenters. The molecule has 1 aliphatic carbocycles. The van der Waals surface area contributed by atoms with Crippen LogP contribution in [0.1, 0.15) is 12.8 Å². The van der Waals surface area contributed by atoms with Gasteiger partial charge in [-0.25, -0.2) is 13.1 Å². The largest absolute Gasteiger partial charge is 0.340 e. The molecule has 19 heavy (non-hydrogen) atoms. The number of amides is 1. The van der Waals surface area contributed by atoms with Crippen molar-refractivity contribution in [3.8, 4) is 0 Å². The maximum atomic E-state index is 12.0. The molecule has 0 aromatic rings. The van der Waals surface area contributed by atoms with Crippen molar-refractivity contribution in [2.75, 3.05) is 40.0 Å². The first-order chi connectivity index (χ1) is 8.78. The Morgan fingerprint density at radius 2 is 1.95 bits per heavy atom. The predicted molar refractivity (Wildman–Crippen MR) is 73.1 cm³/mol. The molecule has 2 atom stereocenters. The third-order valence-electron chi connectivity index (χ3n) is 4.06. The molecule has 2 rings (SSSR count). The van der Waals surface area contributed by atoms with Crippen LogP contribution in [0.25, 0.3) is 0 Å². The van der Waals surface area contributed by atoms with Crippen LogP contribution in [0.5, 0.6) is 0 Å². The Bertz CT molecular complexity index is 435. The number of carbonyl (C=O) groups excluding carboxylic acids is 1. The van der Waals surface area contributed by atoms with Crippen LogP contribution in [0, 0.1) is 11.8 Å². The molecular formula is C12H23N3O3S. The van der Waals surface area contributed by atoms with E-state index in [0.717, 1.165) is 18.7 Å². The summed E-state index contributed by atoms with van der Waals surface area (Å²) in [6.45, 7) is 1.34. The van der Waals surface area contributed by atoms with Gasteiger partial charge in [-0.2, -0.15) is 0 Å². The second-order valence-corrected chi connectivity index (χ2v) is 7.76. The van der Waals surface area contributed by atoms with E-state index in [-0.39, 0.29) is 12.5 Å². The van der Waals surface area contributed by atoms with Crippen molar-refractivity contribution in [3.63, 3.8) is 0 Å². The minimum Gasteiger partial charge on any atom is -0.340 e. The molecule has 0 bridgehead atoms. The Hall–Kier alpha value is -0.660. The zero-order chi connectivity index (χ0) is 14.2. The van der Waals surface area contributed by atoms with Gasteiger partial charge in [-0.15, -0.1) is 0 Å². The topological polar surface area (TPSA) is 69.7 Å². The van der Waals surface area contributed by atoms with Crippen LogP contribution >= 0.6 is 0 Å². The van der Waals surface area contributed by atoms with Crippen molar-refractivity contribution < 1.29 is 13.2 Å². The van der Waals surface area contributed by atoms with E-state index < -0.39 is 10.0 Å². The van der Waals surface area contributed by atoms with Crippen LogP contribution in [0.3, 0.4) is 0 Å². The van der Waals surface area contributed by atoms with Gasteiger partial charge in [0.1, 0.15) is 0 Å². The summed E-state index contributed by atoms with van der Waals surface area (Å²) in [5.74, 6) is 1.16. The molecule has 2 aliphatic rings. The summed E-state index contributed by atoms with van der Waals surface area (Å²) in [6, 6.07) is 0.398. The standard InChI is InChI=1S/C12H23N3O3S/c1-14(2)11-8-15(7-10(11)9-4-5-9)12(16)6-13-19(3,17)18/h9-11,13H,4-8H2,1-3H3/t10-,11+/m1/s1. The molecule has 0 radical (unpaired) electrons. The van der Waals surface area contributed by atoms with Crippen molar-refractivity contribution in [1.29, 1.82) is 0 Å². The van der Waals surface area contributed by atoms with Gasteiger partial charge in [0.2, 0.25) is 15.9 Å². The number of likely N-dealkylation sites (tertiary alicyclic amines) is 1. The lowest BCUT2D eigenvalue weighted by atomic mass is 9.97. The fourth-order valence-corrected chi connectivity index (χ4v) is 3.24. The molecule has 1 heterocycles. The average Bonchev–Trinajstić information content (AvgIpc) is 3.03. The Kier molecular flexibility index (Phi) is 4.17. The molecule has 0 aromatic heterocycles. The Morgan fingerprint density at radius 1 is 1.32 bits per heavy atom. The average molecular weight is 289 g/mol. The monoisotopic (exact) mass is 289 g/mol. The van der Waals surface area contributed by atoms with Crippen LogP contribution in [0.4, 0.5) is 0 Å². The Balaban J connectivity index is 1.93. The van der Waals surface area contributed by atoms with E-state index in [9.17, 15) is 13.2 Å². The highest BCUT2D eigenvalue weighted by Crippen LogP contribution is 2.42. The maximum absolute atomic E-state index is 12.0. The van der Waals surface area contributed by atoms with Gasteiger partial charge in [0.05, 0.1) is 12.8 Å². The van der Waals surface area contributed by atoms with Gasteiger partial charge >= 0.3 is 0 Å². The van der Waals surface area contributed by atoms with Crippen molar-refractivity contribution in [2.45, 2.75) is 18.9 Å². The van der Waals surface area contributed by atoms with Gasteiger partial charge in [0, 0.05) is 19.1 Å². The van der Waals surface area contributed by atoms with E-state index in [4.69, 9.17) is 0 Å². The van der Waals surface area contributed by atoms with Crippen molar-refractivity contribution in [3.05, 3.63) is 0 Å². The second kappa shape index (κ2) is 5.38. The molecule has 7 heteroatoms. The van der Waals surface area contributed by atoms with E-state index in [2.05, 4.69) is 9.62 Å². The van der Waals surface area contributed by atoms with Crippen molar-refractivity contribution in [2.24, 2.45) is 11.8 Å². The lowest BCUT2D eigenvalue weighted by Crippen LogP contribution is -2.40. The van der Waals surface area contributed by atoms with Crippen LogP contribution in [-0.4, -0.2) is 70.2 Å². The third-order valence-corrected chi connectivity index (χ3v) is 4.73. The van der Waals surface area contributed by atoms with Gasteiger partial charge in [0.25, 0.3) is 0 Å². The van der Waals surface area contributed by atoms with E-state index >= 15 is 0 Å². The number of nitrogens with zero attached hydrogens (tertiary/aromatic N) is 2. The molecule has 1 saturated carbocycles. The zero-order valence-electron chi connectivity index (χ0n) is 11.8. The highest BCUT2D eigenvalue weighted by Gasteiger charge is 2.44.